The third-order valence-corrected chi connectivity index (χ3v) is 6.09. The van der Waals surface area contributed by atoms with Gasteiger partial charge in [0.15, 0.2) is 0 Å². The average Bonchev–Trinajstić information content (AvgIpc) is 2.82. The molecule has 0 bridgehead atoms. The predicted molar refractivity (Wildman–Crippen MR) is 141 cm³/mol. The quantitative estimate of drug-likeness (QED) is 0.323. The zero-order valence-corrected chi connectivity index (χ0v) is 21.5. The third-order valence-electron chi connectivity index (χ3n) is 5.35. The Labute approximate surface area is 214 Å². The molecule has 3 aromatic carbocycles. The Balaban J connectivity index is 1.36. The molecule has 0 aromatic heterocycles. The Kier molecular flexibility index (Phi) is 9.84. The Morgan fingerprint density at radius 2 is 1.57 bits per heavy atom. The molecule has 7 nitrogen and oxygen atoms in total. The van der Waals surface area contributed by atoms with Gasteiger partial charge in [-0.3, -0.25) is 9.69 Å². The highest BCUT2D eigenvalue weighted by molar-refractivity contribution is 9.10. The lowest BCUT2D eigenvalue weighted by molar-refractivity contribution is -0.117. The van der Waals surface area contributed by atoms with Gasteiger partial charge in [0, 0.05) is 16.7 Å². The number of anilines is 1. The molecule has 0 atom stereocenters. The maximum absolute atomic E-state index is 12.4. The fourth-order valence-electron chi connectivity index (χ4n) is 3.54. The molecule has 0 spiro atoms. The van der Waals surface area contributed by atoms with Gasteiger partial charge in [0.1, 0.15) is 11.5 Å². The van der Waals surface area contributed by atoms with Gasteiger partial charge in [-0.2, -0.15) is 0 Å². The molecule has 0 saturated heterocycles. The highest BCUT2D eigenvalue weighted by Crippen LogP contribution is 2.23. The number of carbonyl (C=O) groups excluding carboxylic acids is 1. The summed E-state index contributed by atoms with van der Waals surface area (Å²) in [7, 11) is 3.95. The molecule has 3 rings (SSSR count). The number of hydrogen-bond donors (Lipinski definition) is 2. The molecule has 2 N–H and O–H groups in total. The van der Waals surface area contributed by atoms with Gasteiger partial charge < -0.3 is 20.1 Å². The van der Waals surface area contributed by atoms with Crippen molar-refractivity contribution in [1.82, 2.24) is 9.80 Å². The van der Waals surface area contributed by atoms with E-state index in [1.807, 2.05) is 79.7 Å². The molecule has 0 fully saturated rings. The molecule has 184 valence electrons. The zero-order chi connectivity index (χ0) is 25.2. The minimum Gasteiger partial charge on any atom is -0.478 e. The molecule has 35 heavy (non-hydrogen) atoms. The van der Waals surface area contributed by atoms with Gasteiger partial charge in [0.05, 0.1) is 12.1 Å². The molecular weight excluding hydrogens is 510 g/mol. The van der Waals surface area contributed by atoms with Gasteiger partial charge in [0.25, 0.3) is 0 Å². The van der Waals surface area contributed by atoms with Crippen molar-refractivity contribution in [3.05, 3.63) is 88.4 Å². The maximum atomic E-state index is 12.4. The van der Waals surface area contributed by atoms with Gasteiger partial charge in [-0.25, -0.2) is 4.79 Å². The highest BCUT2D eigenvalue weighted by Gasteiger charge is 2.10. The Bertz CT molecular complexity index is 1120. The molecule has 0 aliphatic rings. The van der Waals surface area contributed by atoms with Crippen LogP contribution in [0.3, 0.4) is 0 Å². The topological polar surface area (TPSA) is 82.1 Å². The predicted octanol–water partition coefficient (Wildman–Crippen LogP) is 5.33. The van der Waals surface area contributed by atoms with Crippen LogP contribution in [0.5, 0.6) is 11.5 Å². The number of para-hydroxylation sites is 1. The monoisotopic (exact) mass is 539 g/mol. The zero-order valence-electron chi connectivity index (χ0n) is 19.9. The van der Waals surface area contributed by atoms with Crippen molar-refractivity contribution in [2.75, 3.05) is 39.0 Å². The summed E-state index contributed by atoms with van der Waals surface area (Å²) in [6, 6.07) is 21.9. The highest BCUT2D eigenvalue weighted by atomic mass is 79.9. The van der Waals surface area contributed by atoms with Crippen molar-refractivity contribution in [1.29, 1.82) is 0 Å². The van der Waals surface area contributed by atoms with Crippen LogP contribution in [0, 0.1) is 0 Å². The summed E-state index contributed by atoms with van der Waals surface area (Å²) in [4.78, 5) is 27.7. The maximum Gasteiger partial charge on any atom is 0.335 e. The van der Waals surface area contributed by atoms with E-state index in [1.165, 1.54) is 0 Å². The number of aromatic carboxylic acids is 1. The number of rotatable bonds is 12. The number of benzene rings is 3. The minimum absolute atomic E-state index is 0.0694. The summed E-state index contributed by atoms with van der Waals surface area (Å²) in [5.74, 6) is 0.465. The lowest BCUT2D eigenvalue weighted by Crippen LogP contribution is -2.32. The average molecular weight is 540 g/mol. The van der Waals surface area contributed by atoms with Crippen LogP contribution in [0.4, 0.5) is 5.69 Å². The van der Waals surface area contributed by atoms with Crippen LogP contribution in [0.1, 0.15) is 22.3 Å². The molecule has 0 aliphatic heterocycles. The van der Waals surface area contributed by atoms with Crippen molar-refractivity contribution in [2.24, 2.45) is 0 Å². The van der Waals surface area contributed by atoms with Crippen molar-refractivity contribution < 1.29 is 19.4 Å². The van der Waals surface area contributed by atoms with Crippen molar-refractivity contribution in [3.8, 4) is 11.5 Å². The van der Waals surface area contributed by atoms with Crippen LogP contribution < -0.4 is 10.1 Å². The SMILES string of the molecule is CN(CCCN(C)Cc1ccc(C(=O)O)cc1Br)CC(=O)Nc1ccc(Oc2ccccc2)cc1. The first-order chi connectivity index (χ1) is 16.8. The number of nitrogens with zero attached hydrogens (tertiary/aromatic N) is 2. The second kappa shape index (κ2) is 13.0. The number of carboxylic acid groups (broad SMARTS) is 1. The molecule has 0 radical (unpaired) electrons. The number of carbonyl (C=O) groups is 2. The van der Waals surface area contributed by atoms with E-state index in [4.69, 9.17) is 9.84 Å². The Hall–Kier alpha value is -3.20. The van der Waals surface area contributed by atoms with E-state index >= 15 is 0 Å². The van der Waals surface area contributed by atoms with E-state index < -0.39 is 5.97 Å². The molecule has 0 unspecified atom stereocenters. The van der Waals surface area contributed by atoms with Crippen molar-refractivity contribution in [3.63, 3.8) is 0 Å². The van der Waals surface area contributed by atoms with Crippen molar-refractivity contribution in [2.45, 2.75) is 13.0 Å². The van der Waals surface area contributed by atoms with E-state index in [2.05, 4.69) is 26.1 Å². The summed E-state index contributed by atoms with van der Waals surface area (Å²) < 4.78 is 6.56. The van der Waals surface area contributed by atoms with Gasteiger partial charge in [0.2, 0.25) is 5.91 Å². The largest absolute Gasteiger partial charge is 0.478 e. The Morgan fingerprint density at radius 1 is 0.914 bits per heavy atom. The molecule has 1 amide bonds. The molecule has 8 heteroatoms. The molecule has 0 saturated carbocycles. The lowest BCUT2D eigenvalue weighted by Gasteiger charge is -2.20. The number of nitrogens with one attached hydrogen (secondary N) is 1. The second-order valence-electron chi connectivity index (χ2n) is 8.43. The van der Waals surface area contributed by atoms with Crippen LogP contribution >= 0.6 is 15.9 Å². The first kappa shape index (κ1) is 26.4. The summed E-state index contributed by atoms with van der Waals surface area (Å²) in [6.07, 6.45) is 0.899. The van der Waals surface area contributed by atoms with E-state index in [0.717, 1.165) is 41.0 Å². The van der Waals surface area contributed by atoms with E-state index in [9.17, 15) is 9.59 Å². The number of hydrogen-bond acceptors (Lipinski definition) is 5. The number of ether oxygens (including phenoxy) is 1. The third kappa shape index (κ3) is 8.83. The summed E-state index contributed by atoms with van der Waals surface area (Å²) >= 11 is 3.46. The van der Waals surface area contributed by atoms with Gasteiger partial charge in [-0.15, -0.1) is 0 Å². The number of amides is 1. The fraction of sp³-hybridized carbons (Fsp3) is 0.259. The van der Waals surface area contributed by atoms with E-state index in [-0.39, 0.29) is 11.5 Å². The molecule has 0 heterocycles. The van der Waals surface area contributed by atoms with Gasteiger partial charge >= 0.3 is 5.97 Å². The van der Waals surface area contributed by atoms with Gasteiger partial charge in [-0.1, -0.05) is 40.2 Å². The molecular formula is C27H30BrN3O4. The lowest BCUT2D eigenvalue weighted by atomic mass is 10.1. The smallest absolute Gasteiger partial charge is 0.335 e. The first-order valence-electron chi connectivity index (χ1n) is 11.3. The summed E-state index contributed by atoms with van der Waals surface area (Å²) in [5.41, 5.74) is 2.02. The second-order valence-corrected chi connectivity index (χ2v) is 9.28. The van der Waals surface area contributed by atoms with Crippen LogP contribution in [-0.4, -0.2) is 60.5 Å². The van der Waals surface area contributed by atoms with Crippen LogP contribution in [-0.2, 0) is 11.3 Å². The number of carboxylic acids is 1. The van der Waals surface area contributed by atoms with Crippen LogP contribution in [0.15, 0.2) is 77.3 Å². The fourth-order valence-corrected chi connectivity index (χ4v) is 4.05. The Morgan fingerprint density at radius 3 is 2.23 bits per heavy atom. The van der Waals surface area contributed by atoms with Crippen LogP contribution in [0.2, 0.25) is 0 Å². The summed E-state index contributed by atoms with van der Waals surface area (Å²) in [5, 5.41) is 12.0. The van der Waals surface area contributed by atoms with Crippen LogP contribution in [0.25, 0.3) is 0 Å². The van der Waals surface area contributed by atoms with E-state index in [0.29, 0.717) is 18.8 Å². The minimum atomic E-state index is -0.938. The van der Waals surface area contributed by atoms with E-state index in [1.54, 1.807) is 12.1 Å². The first-order valence-corrected chi connectivity index (χ1v) is 12.1. The van der Waals surface area contributed by atoms with Crippen molar-refractivity contribution >= 4 is 33.5 Å². The standard InChI is InChI=1S/C27H30BrN3O4/c1-30(18-21-10-9-20(27(33)34)17-25(21)28)15-6-16-31(2)19-26(32)29-22-11-13-24(14-12-22)35-23-7-4-3-5-8-23/h3-5,7-14,17H,6,15-16,18-19H2,1-2H3,(H,29,32)(H,33,34). The number of halogens is 1. The normalized spacial score (nSPS) is 11.0. The van der Waals surface area contributed by atoms with Gasteiger partial charge in [-0.05, 0) is 87.7 Å². The summed E-state index contributed by atoms with van der Waals surface area (Å²) in [6.45, 7) is 2.63. The number of likely N-dealkylation sites (N-methyl/N-ethyl adjacent to an activating group) is 1. The molecule has 0 aliphatic carbocycles. The molecule has 3 aromatic rings.